The number of carbonyl (C=O) groups is 3. The lowest BCUT2D eigenvalue weighted by molar-refractivity contribution is -0.134. The van der Waals surface area contributed by atoms with E-state index in [0.717, 1.165) is 5.69 Å². The normalized spacial score (nSPS) is 13.7. The number of anilines is 2. The van der Waals surface area contributed by atoms with Gasteiger partial charge in [-0.15, -0.1) is 0 Å². The zero-order chi connectivity index (χ0) is 24.3. The average molecular weight is 482 g/mol. The lowest BCUT2D eigenvalue weighted by Crippen LogP contribution is -2.50. The molecule has 178 valence electrons. The number of nitriles is 1. The van der Waals surface area contributed by atoms with Crippen molar-refractivity contribution in [2.24, 2.45) is 0 Å². The van der Waals surface area contributed by atoms with Gasteiger partial charge in [0.15, 0.2) is 0 Å². The van der Waals surface area contributed by atoms with Crippen molar-refractivity contribution in [2.75, 3.05) is 49.5 Å². The molecule has 1 heterocycles. The summed E-state index contributed by atoms with van der Waals surface area (Å²) in [5.74, 6) is -0.414. The fraction of sp³-hybridized carbons (Fsp3) is 0.360. The molecule has 0 radical (unpaired) electrons. The van der Waals surface area contributed by atoms with Crippen molar-refractivity contribution in [3.63, 3.8) is 0 Å². The molecular formula is C25H28ClN5O3. The smallest absolute Gasteiger partial charge is 0.238 e. The first kappa shape index (κ1) is 25.2. The zero-order valence-electron chi connectivity index (χ0n) is 19.0. The van der Waals surface area contributed by atoms with Crippen molar-refractivity contribution >= 4 is 40.7 Å². The maximum atomic E-state index is 12.8. The molecule has 8 nitrogen and oxygen atoms in total. The summed E-state index contributed by atoms with van der Waals surface area (Å²) in [4.78, 5) is 43.1. The Labute approximate surface area is 204 Å². The van der Waals surface area contributed by atoms with Gasteiger partial charge in [-0.2, -0.15) is 5.26 Å². The van der Waals surface area contributed by atoms with E-state index in [1.54, 1.807) is 34.1 Å². The number of nitrogens with one attached hydrogen (secondary N) is 1. The summed E-state index contributed by atoms with van der Waals surface area (Å²) in [6.45, 7) is 2.67. The van der Waals surface area contributed by atoms with E-state index in [0.29, 0.717) is 43.4 Å². The molecule has 0 spiro atoms. The largest absolute Gasteiger partial charge is 0.340 e. The van der Waals surface area contributed by atoms with Crippen LogP contribution in [0.3, 0.4) is 0 Å². The molecule has 0 saturated carbocycles. The van der Waals surface area contributed by atoms with Crippen LogP contribution in [0.4, 0.5) is 11.4 Å². The summed E-state index contributed by atoms with van der Waals surface area (Å²) in [7, 11) is 0. The predicted octanol–water partition coefficient (Wildman–Crippen LogP) is 3.15. The number of amides is 3. The van der Waals surface area contributed by atoms with Gasteiger partial charge in [-0.25, -0.2) is 0 Å². The van der Waals surface area contributed by atoms with Crippen molar-refractivity contribution in [3.05, 3.63) is 59.6 Å². The highest BCUT2D eigenvalue weighted by Crippen LogP contribution is 2.20. The maximum absolute atomic E-state index is 12.8. The molecule has 9 heteroatoms. The van der Waals surface area contributed by atoms with E-state index in [9.17, 15) is 14.4 Å². The fourth-order valence-corrected chi connectivity index (χ4v) is 3.97. The SMILES string of the molecule is N#CCCN(C(=O)CCC(=O)N1CCN(CC(=O)Nc2ccccc2Cl)CC1)c1ccccc1. The number of para-hydroxylation sites is 2. The molecule has 2 aromatic rings. The Morgan fingerprint density at radius 3 is 2.32 bits per heavy atom. The topological polar surface area (TPSA) is 96.8 Å². The van der Waals surface area contributed by atoms with Gasteiger partial charge < -0.3 is 15.1 Å². The number of carbonyl (C=O) groups excluding carboxylic acids is 3. The quantitative estimate of drug-likeness (QED) is 0.593. The molecule has 1 fully saturated rings. The molecule has 1 N–H and O–H groups in total. The number of benzene rings is 2. The van der Waals surface area contributed by atoms with Crippen LogP contribution in [-0.2, 0) is 14.4 Å². The van der Waals surface area contributed by atoms with E-state index in [4.69, 9.17) is 16.9 Å². The Morgan fingerprint density at radius 2 is 1.65 bits per heavy atom. The Kier molecular flexibility index (Phi) is 9.44. The Bertz CT molecular complexity index is 1030. The molecule has 1 aliphatic heterocycles. The molecule has 34 heavy (non-hydrogen) atoms. The van der Waals surface area contributed by atoms with E-state index >= 15 is 0 Å². The van der Waals surface area contributed by atoms with E-state index in [2.05, 4.69) is 11.4 Å². The summed E-state index contributed by atoms with van der Waals surface area (Å²) in [5, 5.41) is 12.2. The van der Waals surface area contributed by atoms with Gasteiger partial charge in [0, 0.05) is 51.3 Å². The number of piperazine rings is 1. The number of halogens is 1. The van der Waals surface area contributed by atoms with Crippen LogP contribution in [0.1, 0.15) is 19.3 Å². The third-order valence-electron chi connectivity index (χ3n) is 5.61. The molecule has 1 aliphatic rings. The Hall–Kier alpha value is -3.41. The minimum atomic E-state index is -0.176. The number of rotatable bonds is 9. The second-order valence-electron chi connectivity index (χ2n) is 7.97. The van der Waals surface area contributed by atoms with Gasteiger partial charge in [0.2, 0.25) is 17.7 Å². The first-order valence-corrected chi connectivity index (χ1v) is 11.6. The monoisotopic (exact) mass is 481 g/mol. The van der Waals surface area contributed by atoms with Crippen LogP contribution in [0.15, 0.2) is 54.6 Å². The van der Waals surface area contributed by atoms with Crippen LogP contribution >= 0.6 is 11.6 Å². The average Bonchev–Trinajstić information content (AvgIpc) is 2.85. The van der Waals surface area contributed by atoms with Crippen molar-refractivity contribution in [1.82, 2.24) is 9.80 Å². The minimum Gasteiger partial charge on any atom is -0.340 e. The molecule has 0 unspecified atom stereocenters. The van der Waals surface area contributed by atoms with Crippen LogP contribution < -0.4 is 10.2 Å². The van der Waals surface area contributed by atoms with E-state index in [1.807, 2.05) is 35.2 Å². The predicted molar refractivity (Wildman–Crippen MR) is 131 cm³/mol. The van der Waals surface area contributed by atoms with Crippen LogP contribution in [0.5, 0.6) is 0 Å². The van der Waals surface area contributed by atoms with Gasteiger partial charge in [-0.1, -0.05) is 41.9 Å². The van der Waals surface area contributed by atoms with Crippen LogP contribution in [0.25, 0.3) is 0 Å². The van der Waals surface area contributed by atoms with Crippen LogP contribution in [-0.4, -0.2) is 66.8 Å². The fourth-order valence-electron chi connectivity index (χ4n) is 3.79. The Morgan fingerprint density at radius 1 is 0.971 bits per heavy atom. The molecule has 0 aromatic heterocycles. The van der Waals surface area contributed by atoms with Gasteiger partial charge in [-0.05, 0) is 24.3 Å². The van der Waals surface area contributed by atoms with Gasteiger partial charge in [-0.3, -0.25) is 19.3 Å². The van der Waals surface area contributed by atoms with Gasteiger partial charge in [0.05, 0.1) is 29.7 Å². The molecule has 3 rings (SSSR count). The highest BCUT2D eigenvalue weighted by Gasteiger charge is 2.24. The van der Waals surface area contributed by atoms with Crippen molar-refractivity contribution in [3.8, 4) is 6.07 Å². The summed E-state index contributed by atoms with van der Waals surface area (Å²) in [6, 6.07) is 18.3. The highest BCUT2D eigenvalue weighted by atomic mass is 35.5. The van der Waals surface area contributed by atoms with Crippen molar-refractivity contribution < 1.29 is 14.4 Å². The highest BCUT2D eigenvalue weighted by molar-refractivity contribution is 6.33. The van der Waals surface area contributed by atoms with E-state index in [-0.39, 0.29) is 43.5 Å². The van der Waals surface area contributed by atoms with Crippen LogP contribution in [0, 0.1) is 11.3 Å². The van der Waals surface area contributed by atoms with Crippen LogP contribution in [0.2, 0.25) is 5.02 Å². The molecule has 1 saturated heterocycles. The van der Waals surface area contributed by atoms with Crippen molar-refractivity contribution in [2.45, 2.75) is 19.3 Å². The number of hydrogen-bond donors (Lipinski definition) is 1. The maximum Gasteiger partial charge on any atom is 0.238 e. The summed E-state index contributed by atoms with van der Waals surface area (Å²) >= 11 is 6.08. The Balaban J connectivity index is 1.43. The van der Waals surface area contributed by atoms with Gasteiger partial charge in [0.25, 0.3) is 0 Å². The second-order valence-corrected chi connectivity index (χ2v) is 8.38. The number of nitrogens with zero attached hydrogens (tertiary/aromatic N) is 4. The third-order valence-corrected chi connectivity index (χ3v) is 5.94. The lowest BCUT2D eigenvalue weighted by Gasteiger charge is -2.34. The minimum absolute atomic E-state index is 0.0817. The molecule has 0 bridgehead atoms. The molecule has 3 amide bonds. The summed E-state index contributed by atoms with van der Waals surface area (Å²) in [5.41, 5.74) is 1.30. The van der Waals surface area contributed by atoms with E-state index < -0.39 is 0 Å². The zero-order valence-corrected chi connectivity index (χ0v) is 19.7. The van der Waals surface area contributed by atoms with Crippen molar-refractivity contribution in [1.29, 1.82) is 5.26 Å². The molecular weight excluding hydrogens is 454 g/mol. The third kappa shape index (κ3) is 7.30. The second kappa shape index (κ2) is 12.7. The van der Waals surface area contributed by atoms with E-state index in [1.165, 1.54) is 0 Å². The van der Waals surface area contributed by atoms with Gasteiger partial charge >= 0.3 is 0 Å². The number of hydrogen-bond acceptors (Lipinski definition) is 5. The molecule has 2 aromatic carbocycles. The summed E-state index contributed by atoms with van der Waals surface area (Å²) in [6.07, 6.45) is 0.419. The summed E-state index contributed by atoms with van der Waals surface area (Å²) < 4.78 is 0. The molecule has 0 aliphatic carbocycles. The first-order chi connectivity index (χ1) is 16.5. The standard InChI is InChI=1S/C25H28ClN5O3/c26-21-9-4-5-10-22(21)28-23(32)19-29-15-17-30(18-16-29)24(33)11-12-25(34)31(14-6-13-27)20-7-2-1-3-8-20/h1-5,7-10H,6,11-12,14-19H2,(H,28,32). The first-order valence-electron chi connectivity index (χ1n) is 11.2. The van der Waals surface area contributed by atoms with Gasteiger partial charge in [0.1, 0.15) is 0 Å². The lowest BCUT2D eigenvalue weighted by atomic mass is 10.2. The molecule has 0 atom stereocenters.